The molecule has 2 aliphatic heterocycles. The summed E-state index contributed by atoms with van der Waals surface area (Å²) in [6, 6.07) is 11.0. The van der Waals surface area contributed by atoms with Crippen LogP contribution >= 0.6 is 23.1 Å². The number of hydrogen-bond donors (Lipinski definition) is 1. The molecule has 5 rings (SSSR count). The number of aromatic nitrogens is 1. The molecule has 0 radical (unpaired) electrons. The van der Waals surface area contributed by atoms with Crippen LogP contribution in [0.2, 0.25) is 0 Å². The van der Waals surface area contributed by atoms with Crippen molar-refractivity contribution in [1.29, 1.82) is 0 Å². The van der Waals surface area contributed by atoms with E-state index in [2.05, 4.69) is 10.3 Å². The summed E-state index contributed by atoms with van der Waals surface area (Å²) in [5.74, 6) is -2.30. The van der Waals surface area contributed by atoms with E-state index in [0.29, 0.717) is 29.2 Å². The van der Waals surface area contributed by atoms with E-state index >= 15 is 0 Å². The number of nitrogens with one attached hydrogen (secondary N) is 1. The van der Waals surface area contributed by atoms with Crippen molar-refractivity contribution >= 4 is 45.7 Å². The van der Waals surface area contributed by atoms with Gasteiger partial charge in [0.2, 0.25) is 5.91 Å². The molecule has 5 nitrogen and oxygen atoms in total. The van der Waals surface area contributed by atoms with E-state index in [1.54, 1.807) is 10.3 Å². The first kappa shape index (κ1) is 18.3. The Morgan fingerprint density at radius 3 is 2.83 bits per heavy atom. The van der Waals surface area contributed by atoms with E-state index in [4.69, 9.17) is 0 Å². The molecule has 9 heteroatoms. The lowest BCUT2D eigenvalue weighted by atomic mass is 10.1. The summed E-state index contributed by atoms with van der Waals surface area (Å²) in [5, 5.41) is 4.80. The fourth-order valence-electron chi connectivity index (χ4n) is 3.61. The third-order valence-electron chi connectivity index (χ3n) is 4.97. The summed E-state index contributed by atoms with van der Waals surface area (Å²) in [7, 11) is 0. The Balaban J connectivity index is 1.42. The normalized spacial score (nSPS) is 19.9. The van der Waals surface area contributed by atoms with Gasteiger partial charge in [0.25, 0.3) is 5.91 Å². The molecule has 2 aromatic carbocycles. The van der Waals surface area contributed by atoms with Gasteiger partial charge < -0.3 is 0 Å². The molecule has 1 aromatic heterocycles. The highest BCUT2D eigenvalue weighted by atomic mass is 32.2. The lowest BCUT2D eigenvalue weighted by molar-refractivity contribution is -0.121. The quantitative estimate of drug-likeness (QED) is 0.658. The Labute approximate surface area is 172 Å². The van der Waals surface area contributed by atoms with Crippen molar-refractivity contribution in [2.75, 3.05) is 10.2 Å². The zero-order valence-electron chi connectivity index (χ0n) is 14.8. The minimum absolute atomic E-state index is 0.0841. The van der Waals surface area contributed by atoms with E-state index in [9.17, 15) is 18.4 Å². The second kappa shape index (κ2) is 6.64. The number of anilines is 2. The molecule has 1 unspecified atom stereocenters. The van der Waals surface area contributed by atoms with Gasteiger partial charge in [-0.05, 0) is 36.8 Å². The Hall–Kier alpha value is -2.78. The molecule has 0 aliphatic carbocycles. The van der Waals surface area contributed by atoms with Crippen LogP contribution in [0.3, 0.4) is 0 Å². The van der Waals surface area contributed by atoms with Gasteiger partial charge >= 0.3 is 0 Å². The molecule has 3 heterocycles. The first-order chi connectivity index (χ1) is 14.0. The molecule has 1 atom stereocenters. The Morgan fingerprint density at radius 2 is 2.00 bits per heavy atom. The molecule has 1 N–H and O–H groups in total. The highest BCUT2D eigenvalue weighted by Gasteiger charge is 2.57. The SMILES string of the molecule is O=C1CCC2(C(=O)Nc3nc(-c4ccc(F)c(F)c4)cs3)Sc3ccccc3N12. The van der Waals surface area contributed by atoms with Crippen LogP contribution in [0.5, 0.6) is 0 Å². The average Bonchev–Trinajstić information content (AvgIpc) is 3.39. The molecule has 0 bridgehead atoms. The number of carbonyl (C=O) groups excluding carboxylic acids is 2. The highest BCUT2D eigenvalue weighted by Crippen LogP contribution is 2.56. The molecular formula is C20H13F2N3O2S2. The molecule has 0 spiro atoms. The van der Waals surface area contributed by atoms with Crippen LogP contribution in [-0.2, 0) is 9.59 Å². The topological polar surface area (TPSA) is 62.3 Å². The van der Waals surface area contributed by atoms with Gasteiger partial charge in [0.05, 0.1) is 11.4 Å². The predicted molar refractivity (Wildman–Crippen MR) is 108 cm³/mol. The standard InChI is InChI=1S/C20H13F2N3O2S2/c21-12-6-5-11(9-13(12)22)14-10-28-19(23-14)24-18(27)20-8-7-17(26)25(20)15-3-1-2-4-16(15)29-20/h1-6,9-10H,7-8H2,(H,23,24,27). The predicted octanol–water partition coefficient (Wildman–Crippen LogP) is 4.66. The first-order valence-corrected chi connectivity index (χ1v) is 10.5. The fraction of sp³-hybridized carbons (Fsp3) is 0.150. The minimum atomic E-state index is -1.03. The fourth-order valence-corrected chi connectivity index (χ4v) is 5.74. The zero-order chi connectivity index (χ0) is 20.2. The molecule has 1 fully saturated rings. The lowest BCUT2D eigenvalue weighted by Crippen LogP contribution is -2.49. The van der Waals surface area contributed by atoms with Gasteiger partial charge in [0.15, 0.2) is 21.6 Å². The Morgan fingerprint density at radius 1 is 1.17 bits per heavy atom. The van der Waals surface area contributed by atoms with Crippen molar-refractivity contribution in [3.63, 3.8) is 0 Å². The van der Waals surface area contributed by atoms with Crippen LogP contribution in [0.25, 0.3) is 11.3 Å². The smallest absolute Gasteiger partial charge is 0.263 e. The van der Waals surface area contributed by atoms with Gasteiger partial charge in [0.1, 0.15) is 0 Å². The molecular weight excluding hydrogens is 416 g/mol. The molecule has 3 aromatic rings. The Kier molecular flexibility index (Phi) is 4.18. The molecule has 2 aliphatic rings. The maximum atomic E-state index is 13.5. The second-order valence-corrected chi connectivity index (χ2v) is 8.88. The van der Waals surface area contributed by atoms with Gasteiger partial charge in [-0.25, -0.2) is 13.8 Å². The van der Waals surface area contributed by atoms with E-state index in [1.165, 1.54) is 29.2 Å². The third-order valence-corrected chi connectivity index (χ3v) is 7.20. The second-order valence-electron chi connectivity index (χ2n) is 6.70. The third kappa shape index (κ3) is 2.84. The van der Waals surface area contributed by atoms with Crippen molar-refractivity contribution in [2.45, 2.75) is 22.6 Å². The number of nitrogens with zero attached hydrogens (tertiary/aromatic N) is 2. The number of carbonyl (C=O) groups is 2. The highest BCUT2D eigenvalue weighted by molar-refractivity contribution is 8.02. The number of thiazole rings is 1. The molecule has 0 saturated carbocycles. The minimum Gasteiger partial charge on any atom is -0.299 e. The summed E-state index contributed by atoms with van der Waals surface area (Å²) in [5.41, 5.74) is 1.60. The number of amides is 2. The number of hydrogen-bond acceptors (Lipinski definition) is 5. The van der Waals surface area contributed by atoms with Gasteiger partial charge in [-0.15, -0.1) is 11.3 Å². The van der Waals surface area contributed by atoms with E-state index in [0.717, 1.165) is 22.7 Å². The van der Waals surface area contributed by atoms with Gasteiger partial charge in [-0.2, -0.15) is 0 Å². The maximum Gasteiger partial charge on any atom is 0.263 e. The number of benzene rings is 2. The summed E-state index contributed by atoms with van der Waals surface area (Å²) < 4.78 is 26.6. The van der Waals surface area contributed by atoms with Crippen molar-refractivity contribution < 1.29 is 18.4 Å². The first-order valence-electron chi connectivity index (χ1n) is 8.81. The van der Waals surface area contributed by atoms with E-state index in [1.807, 2.05) is 24.3 Å². The summed E-state index contributed by atoms with van der Waals surface area (Å²) in [6.07, 6.45) is 0.700. The number of halogens is 2. The molecule has 29 heavy (non-hydrogen) atoms. The van der Waals surface area contributed by atoms with Crippen molar-refractivity contribution in [3.8, 4) is 11.3 Å². The van der Waals surface area contributed by atoms with Gasteiger partial charge in [0, 0.05) is 22.3 Å². The number of thioether (sulfide) groups is 1. The summed E-state index contributed by atoms with van der Waals surface area (Å²) >= 11 is 2.56. The van der Waals surface area contributed by atoms with Crippen LogP contribution in [0, 0.1) is 11.6 Å². The van der Waals surface area contributed by atoms with Gasteiger partial charge in [-0.3, -0.25) is 19.8 Å². The van der Waals surface area contributed by atoms with Crippen molar-refractivity contribution in [3.05, 3.63) is 59.5 Å². The largest absolute Gasteiger partial charge is 0.299 e. The van der Waals surface area contributed by atoms with Crippen LogP contribution in [0.15, 0.2) is 52.7 Å². The molecule has 1 saturated heterocycles. The average molecular weight is 429 g/mol. The van der Waals surface area contributed by atoms with Crippen LogP contribution in [0.1, 0.15) is 12.8 Å². The molecule has 146 valence electrons. The maximum absolute atomic E-state index is 13.5. The molecule has 2 amide bonds. The summed E-state index contributed by atoms with van der Waals surface area (Å²) in [6.45, 7) is 0. The van der Waals surface area contributed by atoms with Crippen molar-refractivity contribution in [2.24, 2.45) is 0 Å². The number of rotatable bonds is 3. The van der Waals surface area contributed by atoms with Crippen LogP contribution < -0.4 is 10.2 Å². The van der Waals surface area contributed by atoms with Crippen LogP contribution in [0.4, 0.5) is 19.6 Å². The zero-order valence-corrected chi connectivity index (χ0v) is 16.4. The number of para-hydroxylation sites is 1. The van der Waals surface area contributed by atoms with Crippen molar-refractivity contribution in [1.82, 2.24) is 4.98 Å². The summed E-state index contributed by atoms with van der Waals surface area (Å²) in [4.78, 5) is 31.4. The lowest BCUT2D eigenvalue weighted by Gasteiger charge is -2.29. The van der Waals surface area contributed by atoms with Crippen LogP contribution in [-0.4, -0.2) is 21.7 Å². The van der Waals surface area contributed by atoms with Gasteiger partial charge in [-0.1, -0.05) is 23.9 Å². The van der Waals surface area contributed by atoms with E-state index < -0.39 is 16.5 Å². The van der Waals surface area contributed by atoms with E-state index in [-0.39, 0.29) is 11.8 Å². The Bertz CT molecular complexity index is 1170. The number of fused-ring (bicyclic) bond motifs is 3. The monoisotopic (exact) mass is 429 g/mol.